The molecule has 0 bridgehead atoms. The van der Waals surface area contributed by atoms with Crippen LogP contribution in [0.2, 0.25) is 0 Å². The average molecular weight is 335 g/mol. The van der Waals surface area contributed by atoms with Gasteiger partial charge in [-0.05, 0) is 30.2 Å². The van der Waals surface area contributed by atoms with Gasteiger partial charge in [-0.2, -0.15) is 0 Å². The molecule has 0 saturated carbocycles. The Balaban J connectivity index is 2.62. The molecule has 134 valence electrons. The highest BCUT2D eigenvalue weighted by Crippen LogP contribution is 2.10. The van der Waals surface area contributed by atoms with E-state index >= 15 is 0 Å². The summed E-state index contributed by atoms with van der Waals surface area (Å²) >= 11 is 0. The minimum absolute atomic E-state index is 0.165. The van der Waals surface area contributed by atoms with Gasteiger partial charge in [-0.15, -0.1) is 0 Å². The summed E-state index contributed by atoms with van der Waals surface area (Å²) in [6, 6.07) is 8.63. The number of hydrogen-bond acceptors (Lipinski definition) is 4. The monoisotopic (exact) mass is 335 g/mol. The molecule has 0 unspecified atom stereocenters. The molecule has 0 aliphatic heterocycles. The van der Waals surface area contributed by atoms with Gasteiger partial charge in [0.25, 0.3) is 0 Å². The van der Waals surface area contributed by atoms with E-state index in [1.54, 1.807) is 0 Å². The first-order valence-electron chi connectivity index (χ1n) is 8.48. The quantitative estimate of drug-likeness (QED) is 0.680. The molecule has 0 aliphatic rings. The molecule has 0 saturated heterocycles. The summed E-state index contributed by atoms with van der Waals surface area (Å²) in [6.45, 7) is 7.95. The van der Waals surface area contributed by atoms with Gasteiger partial charge in [-0.25, -0.2) is 4.79 Å². The van der Waals surface area contributed by atoms with Gasteiger partial charge in [-0.3, -0.25) is 4.79 Å². The summed E-state index contributed by atoms with van der Waals surface area (Å²) in [4.78, 5) is 24.4. The predicted molar refractivity (Wildman–Crippen MR) is 93.1 cm³/mol. The SMILES string of the molecule is CC(C)C[C@H](O)C(=O)N[C@H](CC(C)C)C(=O)OCc1ccccc1. The fourth-order valence-corrected chi connectivity index (χ4v) is 2.34. The Labute approximate surface area is 144 Å². The Morgan fingerprint density at radius 3 is 2.17 bits per heavy atom. The van der Waals surface area contributed by atoms with E-state index in [4.69, 9.17) is 4.74 Å². The number of aliphatic hydroxyl groups is 1. The lowest BCUT2D eigenvalue weighted by molar-refractivity contribution is -0.150. The second-order valence-corrected chi connectivity index (χ2v) is 6.93. The Bertz CT molecular complexity index is 513. The third kappa shape index (κ3) is 7.59. The number of rotatable bonds is 9. The van der Waals surface area contributed by atoms with Crippen LogP contribution in [-0.4, -0.2) is 29.1 Å². The topological polar surface area (TPSA) is 75.6 Å². The lowest BCUT2D eigenvalue weighted by atomic mass is 10.0. The van der Waals surface area contributed by atoms with Crippen molar-refractivity contribution >= 4 is 11.9 Å². The molecule has 2 atom stereocenters. The molecule has 24 heavy (non-hydrogen) atoms. The van der Waals surface area contributed by atoms with Crippen LogP contribution in [0.5, 0.6) is 0 Å². The third-order valence-electron chi connectivity index (χ3n) is 3.53. The van der Waals surface area contributed by atoms with Gasteiger partial charge in [0.15, 0.2) is 0 Å². The first-order chi connectivity index (χ1) is 11.3. The number of aliphatic hydroxyl groups excluding tert-OH is 1. The maximum absolute atomic E-state index is 12.3. The zero-order valence-corrected chi connectivity index (χ0v) is 15.0. The number of nitrogens with one attached hydrogen (secondary N) is 1. The summed E-state index contributed by atoms with van der Waals surface area (Å²) in [5, 5.41) is 12.5. The van der Waals surface area contributed by atoms with Crippen LogP contribution >= 0.6 is 0 Å². The normalized spacial score (nSPS) is 13.6. The van der Waals surface area contributed by atoms with E-state index in [0.29, 0.717) is 12.8 Å². The van der Waals surface area contributed by atoms with Gasteiger partial charge in [0.2, 0.25) is 5.91 Å². The third-order valence-corrected chi connectivity index (χ3v) is 3.53. The largest absolute Gasteiger partial charge is 0.459 e. The molecule has 0 heterocycles. The first-order valence-corrected chi connectivity index (χ1v) is 8.48. The number of hydrogen-bond donors (Lipinski definition) is 2. The summed E-state index contributed by atoms with van der Waals surface area (Å²) < 4.78 is 5.32. The van der Waals surface area contributed by atoms with Crippen molar-refractivity contribution in [3.63, 3.8) is 0 Å². The van der Waals surface area contributed by atoms with E-state index in [2.05, 4.69) is 5.32 Å². The lowest BCUT2D eigenvalue weighted by Gasteiger charge is -2.21. The standard InChI is InChI=1S/C19H29NO4/c1-13(2)10-16(20-18(22)17(21)11-14(3)4)19(23)24-12-15-8-6-5-7-9-15/h5-9,13-14,16-17,21H,10-12H2,1-4H3,(H,20,22)/t16-,17+/m1/s1. The number of benzene rings is 1. The van der Waals surface area contributed by atoms with Crippen LogP contribution in [0.25, 0.3) is 0 Å². The van der Waals surface area contributed by atoms with Gasteiger partial charge >= 0.3 is 5.97 Å². The molecule has 0 fully saturated rings. The molecule has 1 aromatic rings. The van der Waals surface area contributed by atoms with Crippen LogP contribution in [0.3, 0.4) is 0 Å². The summed E-state index contributed by atoms with van der Waals surface area (Å²) in [5.74, 6) is -0.593. The molecule has 0 spiro atoms. The second-order valence-electron chi connectivity index (χ2n) is 6.93. The van der Waals surface area contributed by atoms with Gasteiger partial charge in [-0.1, -0.05) is 58.0 Å². The number of esters is 1. The maximum atomic E-state index is 12.3. The van der Waals surface area contributed by atoms with Gasteiger partial charge in [0.1, 0.15) is 18.8 Å². The smallest absolute Gasteiger partial charge is 0.328 e. The van der Waals surface area contributed by atoms with E-state index in [9.17, 15) is 14.7 Å². The Morgan fingerprint density at radius 1 is 1.04 bits per heavy atom. The Morgan fingerprint density at radius 2 is 1.62 bits per heavy atom. The van der Waals surface area contributed by atoms with Crippen LogP contribution in [0.4, 0.5) is 0 Å². The summed E-state index contributed by atoms with van der Waals surface area (Å²) in [5.41, 5.74) is 0.889. The van der Waals surface area contributed by atoms with E-state index in [1.807, 2.05) is 58.0 Å². The molecule has 1 amide bonds. The molecule has 1 aromatic carbocycles. The van der Waals surface area contributed by atoms with Gasteiger partial charge in [0, 0.05) is 0 Å². The van der Waals surface area contributed by atoms with Gasteiger partial charge < -0.3 is 15.2 Å². The summed E-state index contributed by atoms with van der Waals surface area (Å²) in [7, 11) is 0. The van der Waals surface area contributed by atoms with E-state index in [1.165, 1.54) is 0 Å². The Kier molecular flexibility index (Phi) is 8.47. The maximum Gasteiger partial charge on any atom is 0.328 e. The highest BCUT2D eigenvalue weighted by Gasteiger charge is 2.26. The number of amides is 1. The molecule has 2 N–H and O–H groups in total. The zero-order valence-electron chi connectivity index (χ0n) is 15.0. The number of ether oxygens (including phenoxy) is 1. The molecule has 5 heteroatoms. The molecule has 0 radical (unpaired) electrons. The van der Waals surface area contributed by atoms with Crippen LogP contribution in [0.15, 0.2) is 30.3 Å². The fourth-order valence-electron chi connectivity index (χ4n) is 2.34. The first kappa shape index (κ1) is 20.2. The van der Waals surface area contributed by atoms with Crippen LogP contribution in [0, 0.1) is 11.8 Å². The average Bonchev–Trinajstić information content (AvgIpc) is 2.51. The number of carbonyl (C=O) groups excluding carboxylic acids is 2. The minimum atomic E-state index is -1.11. The van der Waals surface area contributed by atoms with Crippen LogP contribution in [-0.2, 0) is 20.9 Å². The van der Waals surface area contributed by atoms with Crippen molar-refractivity contribution in [2.45, 2.75) is 59.3 Å². The number of carbonyl (C=O) groups is 2. The predicted octanol–water partition coefficient (Wildman–Crippen LogP) is 2.67. The minimum Gasteiger partial charge on any atom is -0.459 e. The van der Waals surface area contributed by atoms with Crippen molar-refractivity contribution in [3.8, 4) is 0 Å². The van der Waals surface area contributed by atoms with Crippen molar-refractivity contribution in [3.05, 3.63) is 35.9 Å². The van der Waals surface area contributed by atoms with Crippen molar-refractivity contribution < 1.29 is 19.4 Å². The highest BCUT2D eigenvalue weighted by atomic mass is 16.5. The van der Waals surface area contributed by atoms with Crippen molar-refractivity contribution in [1.82, 2.24) is 5.32 Å². The lowest BCUT2D eigenvalue weighted by Crippen LogP contribution is -2.47. The molecule has 0 aliphatic carbocycles. The van der Waals surface area contributed by atoms with Crippen LogP contribution in [0.1, 0.15) is 46.1 Å². The van der Waals surface area contributed by atoms with E-state index < -0.39 is 24.0 Å². The molecular formula is C19H29NO4. The molecule has 1 rings (SSSR count). The van der Waals surface area contributed by atoms with Crippen molar-refractivity contribution in [2.75, 3.05) is 0 Å². The molecule has 5 nitrogen and oxygen atoms in total. The van der Waals surface area contributed by atoms with Crippen molar-refractivity contribution in [2.24, 2.45) is 11.8 Å². The Hall–Kier alpha value is -1.88. The highest BCUT2D eigenvalue weighted by molar-refractivity contribution is 5.86. The van der Waals surface area contributed by atoms with E-state index in [-0.39, 0.29) is 18.4 Å². The molecule has 0 aromatic heterocycles. The van der Waals surface area contributed by atoms with Gasteiger partial charge in [0.05, 0.1) is 0 Å². The van der Waals surface area contributed by atoms with Crippen molar-refractivity contribution in [1.29, 1.82) is 0 Å². The fraction of sp³-hybridized carbons (Fsp3) is 0.579. The second kappa shape index (κ2) is 10.1. The van der Waals surface area contributed by atoms with Crippen LogP contribution < -0.4 is 5.32 Å². The summed E-state index contributed by atoms with van der Waals surface area (Å²) in [6.07, 6.45) is -0.283. The molecular weight excluding hydrogens is 306 g/mol. The zero-order chi connectivity index (χ0) is 18.1. The van der Waals surface area contributed by atoms with E-state index in [0.717, 1.165) is 5.56 Å².